The van der Waals surface area contributed by atoms with Gasteiger partial charge >= 0.3 is 0 Å². The molecule has 11 heteroatoms. The SMILES string of the molecule is CN(C)/C=N/c1ncnc2c1ncn2[C@@H]1O[C@@]2(CN3CCOCC3)COC1C2O. The van der Waals surface area contributed by atoms with Crippen LogP contribution in [0, 0.1) is 0 Å². The minimum atomic E-state index is -0.762. The van der Waals surface area contributed by atoms with Gasteiger partial charge in [0, 0.05) is 33.7 Å². The van der Waals surface area contributed by atoms with Crippen LogP contribution in [-0.2, 0) is 14.2 Å². The van der Waals surface area contributed by atoms with Crippen molar-refractivity contribution in [2.45, 2.75) is 24.0 Å². The van der Waals surface area contributed by atoms with Gasteiger partial charge in [0.1, 0.15) is 24.1 Å². The van der Waals surface area contributed by atoms with Gasteiger partial charge in [-0.15, -0.1) is 0 Å². The van der Waals surface area contributed by atoms with Crippen LogP contribution >= 0.6 is 0 Å². The second kappa shape index (κ2) is 7.26. The average Bonchev–Trinajstić information content (AvgIpc) is 3.36. The number of nitrogens with zero attached hydrogens (tertiary/aromatic N) is 7. The van der Waals surface area contributed by atoms with Crippen LogP contribution in [0.25, 0.3) is 11.2 Å². The van der Waals surface area contributed by atoms with Gasteiger partial charge in [0.25, 0.3) is 0 Å². The Balaban J connectivity index is 1.43. The third kappa shape index (κ3) is 3.19. The first-order valence-electron chi connectivity index (χ1n) is 9.73. The lowest BCUT2D eigenvalue weighted by atomic mass is 9.98. The predicted molar refractivity (Wildman–Crippen MR) is 103 cm³/mol. The van der Waals surface area contributed by atoms with Crippen LogP contribution in [0.5, 0.6) is 0 Å². The Labute approximate surface area is 167 Å². The van der Waals surface area contributed by atoms with E-state index < -0.39 is 24.0 Å². The van der Waals surface area contributed by atoms with E-state index in [4.69, 9.17) is 14.2 Å². The van der Waals surface area contributed by atoms with Gasteiger partial charge in [-0.3, -0.25) is 9.47 Å². The Hall–Kier alpha value is -2.18. The lowest BCUT2D eigenvalue weighted by Gasteiger charge is -2.37. The highest BCUT2D eigenvalue weighted by Crippen LogP contribution is 2.46. The standard InChI is InChI=1S/C18H25N7O4/c1-23(2)10-22-15-12-16(20-9-19-15)25(11-21-12)17-13-14(26)18(29-17,8-28-13)7-24-3-5-27-6-4-24/h9-11,13-14,17,26H,3-8H2,1-2H3/b22-10+/t13?,14?,17-,18+/m1/s1. The minimum Gasteiger partial charge on any atom is -0.387 e. The van der Waals surface area contributed by atoms with Gasteiger partial charge in [-0.05, 0) is 0 Å². The van der Waals surface area contributed by atoms with Crippen molar-refractivity contribution in [2.24, 2.45) is 4.99 Å². The molecule has 0 aliphatic carbocycles. The Kier molecular flexibility index (Phi) is 4.71. The fourth-order valence-electron chi connectivity index (χ4n) is 4.18. The molecule has 2 unspecified atom stereocenters. The lowest BCUT2D eigenvalue weighted by Crippen LogP contribution is -2.53. The first-order chi connectivity index (χ1) is 14.1. The number of hydrogen-bond donors (Lipinski definition) is 1. The van der Waals surface area contributed by atoms with Crippen LogP contribution in [0.4, 0.5) is 5.82 Å². The van der Waals surface area contributed by atoms with Crippen LogP contribution in [0.15, 0.2) is 17.6 Å². The van der Waals surface area contributed by atoms with E-state index in [9.17, 15) is 5.11 Å². The third-order valence-electron chi connectivity index (χ3n) is 5.63. The maximum absolute atomic E-state index is 10.9. The maximum atomic E-state index is 10.9. The summed E-state index contributed by atoms with van der Waals surface area (Å²) < 4.78 is 19.6. The predicted octanol–water partition coefficient (Wildman–Crippen LogP) is -0.593. The number of imidazole rings is 1. The molecule has 2 aromatic heterocycles. The molecule has 2 aromatic rings. The van der Waals surface area contributed by atoms with Crippen molar-refractivity contribution in [1.82, 2.24) is 29.3 Å². The quantitative estimate of drug-likeness (QED) is 0.517. The molecule has 0 amide bonds. The van der Waals surface area contributed by atoms with Gasteiger partial charge < -0.3 is 24.2 Å². The van der Waals surface area contributed by atoms with Crippen LogP contribution in [0.2, 0.25) is 0 Å². The zero-order valence-corrected chi connectivity index (χ0v) is 16.5. The molecule has 11 nitrogen and oxygen atoms in total. The van der Waals surface area contributed by atoms with E-state index >= 15 is 0 Å². The first-order valence-corrected chi connectivity index (χ1v) is 9.73. The van der Waals surface area contributed by atoms with E-state index in [1.165, 1.54) is 6.33 Å². The van der Waals surface area contributed by atoms with Gasteiger partial charge in [-0.25, -0.2) is 19.9 Å². The van der Waals surface area contributed by atoms with Crippen LogP contribution in [-0.4, -0.2) is 112 Å². The number of ether oxygens (including phenoxy) is 3. The third-order valence-corrected chi connectivity index (χ3v) is 5.63. The van der Waals surface area contributed by atoms with E-state index in [-0.39, 0.29) is 0 Å². The number of aliphatic hydroxyl groups is 1. The molecule has 5 rings (SSSR count). The normalized spacial score (nSPS) is 32.6. The number of hydrogen-bond acceptors (Lipinski definition) is 9. The molecule has 156 valence electrons. The zero-order valence-electron chi connectivity index (χ0n) is 16.5. The molecule has 4 atom stereocenters. The maximum Gasteiger partial charge on any atom is 0.184 e. The van der Waals surface area contributed by atoms with Gasteiger partial charge in [0.2, 0.25) is 0 Å². The summed E-state index contributed by atoms with van der Waals surface area (Å²) in [6, 6.07) is 0. The van der Waals surface area contributed by atoms with Crippen LogP contribution in [0.3, 0.4) is 0 Å². The Morgan fingerprint density at radius 2 is 2.14 bits per heavy atom. The summed E-state index contributed by atoms with van der Waals surface area (Å²) in [6.07, 6.45) is 3.07. The summed E-state index contributed by atoms with van der Waals surface area (Å²) in [4.78, 5) is 21.5. The van der Waals surface area contributed by atoms with Crippen LogP contribution < -0.4 is 0 Å². The van der Waals surface area contributed by atoms with Gasteiger partial charge in [0.05, 0.1) is 32.5 Å². The Morgan fingerprint density at radius 3 is 2.93 bits per heavy atom. The van der Waals surface area contributed by atoms with Crippen molar-refractivity contribution in [3.8, 4) is 0 Å². The molecular formula is C18H25N7O4. The highest BCUT2D eigenvalue weighted by molar-refractivity contribution is 5.82. The van der Waals surface area contributed by atoms with Crippen molar-refractivity contribution in [1.29, 1.82) is 0 Å². The second-order valence-electron chi connectivity index (χ2n) is 7.91. The Bertz CT molecular complexity index is 913. The summed E-state index contributed by atoms with van der Waals surface area (Å²) in [5.41, 5.74) is 0.414. The van der Waals surface area contributed by atoms with Gasteiger partial charge in [0.15, 0.2) is 23.2 Å². The summed E-state index contributed by atoms with van der Waals surface area (Å²) in [5, 5.41) is 10.9. The summed E-state index contributed by atoms with van der Waals surface area (Å²) in [7, 11) is 3.77. The molecule has 2 bridgehead atoms. The van der Waals surface area contributed by atoms with E-state index in [2.05, 4.69) is 24.8 Å². The van der Waals surface area contributed by atoms with Gasteiger partial charge in [-0.1, -0.05) is 0 Å². The van der Waals surface area contributed by atoms with Crippen molar-refractivity contribution in [2.75, 3.05) is 53.6 Å². The fraction of sp³-hybridized carbons (Fsp3) is 0.667. The lowest BCUT2D eigenvalue weighted by molar-refractivity contribution is -0.181. The monoisotopic (exact) mass is 403 g/mol. The molecule has 3 aliphatic rings. The fourth-order valence-corrected chi connectivity index (χ4v) is 4.18. The number of aromatic nitrogens is 4. The van der Waals surface area contributed by atoms with Crippen molar-refractivity contribution >= 4 is 23.3 Å². The molecule has 0 saturated carbocycles. The summed E-state index contributed by atoms with van der Waals surface area (Å²) in [5.74, 6) is 0.482. The number of morpholine rings is 1. The summed E-state index contributed by atoms with van der Waals surface area (Å²) in [6.45, 7) is 4.00. The molecule has 5 heterocycles. The molecule has 3 saturated heterocycles. The molecule has 1 N–H and O–H groups in total. The van der Waals surface area contributed by atoms with E-state index in [1.807, 2.05) is 19.0 Å². The molecule has 0 aromatic carbocycles. The van der Waals surface area contributed by atoms with Crippen LogP contribution in [0.1, 0.15) is 6.23 Å². The second-order valence-corrected chi connectivity index (χ2v) is 7.91. The number of aliphatic imine (C=N–C) groups is 1. The zero-order chi connectivity index (χ0) is 20.0. The number of rotatable bonds is 5. The Morgan fingerprint density at radius 1 is 1.31 bits per heavy atom. The minimum absolute atomic E-state index is 0.368. The molecule has 3 fully saturated rings. The molecular weight excluding hydrogens is 378 g/mol. The first kappa shape index (κ1) is 18.8. The van der Waals surface area contributed by atoms with E-state index in [1.54, 1.807) is 17.2 Å². The van der Waals surface area contributed by atoms with E-state index in [0.717, 1.165) is 13.1 Å². The molecule has 3 aliphatic heterocycles. The summed E-state index contributed by atoms with van der Waals surface area (Å²) >= 11 is 0. The van der Waals surface area contributed by atoms with Gasteiger partial charge in [-0.2, -0.15) is 0 Å². The van der Waals surface area contributed by atoms with Crippen molar-refractivity contribution < 1.29 is 19.3 Å². The highest BCUT2D eigenvalue weighted by atomic mass is 16.6. The largest absolute Gasteiger partial charge is 0.387 e. The highest BCUT2D eigenvalue weighted by Gasteiger charge is 2.62. The molecule has 29 heavy (non-hydrogen) atoms. The number of aliphatic hydroxyl groups excluding tert-OH is 1. The topological polar surface area (TPSA) is 110 Å². The molecule has 0 radical (unpaired) electrons. The van der Waals surface area contributed by atoms with Crippen molar-refractivity contribution in [3.63, 3.8) is 0 Å². The van der Waals surface area contributed by atoms with E-state index in [0.29, 0.717) is 43.3 Å². The smallest absolute Gasteiger partial charge is 0.184 e. The molecule has 0 spiro atoms. The average molecular weight is 403 g/mol. The number of fused-ring (bicyclic) bond motifs is 3. The van der Waals surface area contributed by atoms with Crippen molar-refractivity contribution in [3.05, 3.63) is 12.7 Å².